The average Bonchev–Trinajstić information content (AvgIpc) is 3.55. The van der Waals surface area contributed by atoms with Crippen LogP contribution in [0.15, 0.2) is 29.4 Å². The summed E-state index contributed by atoms with van der Waals surface area (Å²) in [6, 6.07) is 1.46. The number of guanidine groups is 1. The van der Waals surface area contributed by atoms with E-state index in [2.05, 4.69) is 15.0 Å². The molecule has 0 radical (unpaired) electrons. The number of likely N-dealkylation sites (tertiary alicyclic amines) is 1. The number of hydrogen-bond acceptors (Lipinski definition) is 6. The van der Waals surface area contributed by atoms with E-state index in [-0.39, 0.29) is 29.2 Å². The number of piperidine rings is 1. The third-order valence-corrected chi connectivity index (χ3v) is 7.07. The summed E-state index contributed by atoms with van der Waals surface area (Å²) < 4.78 is 28.1. The van der Waals surface area contributed by atoms with Crippen LogP contribution in [0.5, 0.6) is 0 Å². The van der Waals surface area contributed by atoms with Crippen LogP contribution in [0.3, 0.4) is 0 Å². The third kappa shape index (κ3) is 6.14. The lowest BCUT2D eigenvalue weighted by atomic mass is 9.84. The largest absolute Gasteiger partial charge is 0.370 e. The summed E-state index contributed by atoms with van der Waals surface area (Å²) in [5, 5.41) is 10.4. The molecule has 3 unspecified atom stereocenters. The normalized spacial score (nSPS) is 21.2. The smallest absolute Gasteiger partial charge is 0.242 e. The first-order valence-corrected chi connectivity index (χ1v) is 11.8. The van der Waals surface area contributed by atoms with Crippen LogP contribution in [-0.4, -0.2) is 61.2 Å². The van der Waals surface area contributed by atoms with E-state index in [9.17, 15) is 18.0 Å². The molecule has 1 saturated carbocycles. The van der Waals surface area contributed by atoms with Crippen LogP contribution < -0.4 is 21.5 Å². The van der Waals surface area contributed by atoms with Gasteiger partial charge in [0.25, 0.3) is 0 Å². The Morgan fingerprint density at radius 1 is 1.29 bits per heavy atom. The molecule has 2 aliphatic rings. The second-order valence-corrected chi connectivity index (χ2v) is 9.87. The number of nitrogens with zero attached hydrogens (tertiary/aromatic N) is 2. The Morgan fingerprint density at radius 2 is 2.03 bits per heavy atom. The van der Waals surface area contributed by atoms with Crippen molar-refractivity contribution >= 4 is 27.8 Å². The van der Waals surface area contributed by atoms with E-state index in [0.717, 1.165) is 25.7 Å². The summed E-state index contributed by atoms with van der Waals surface area (Å²) >= 11 is 0. The van der Waals surface area contributed by atoms with Gasteiger partial charge in [0.1, 0.15) is 10.9 Å². The minimum atomic E-state index is -4.11. The fraction of sp³-hybridized carbons (Fsp3) is 0.579. The van der Waals surface area contributed by atoms with Gasteiger partial charge in [-0.25, -0.2) is 8.42 Å². The summed E-state index contributed by atoms with van der Waals surface area (Å²) in [5.41, 5.74) is 11.2. The molecule has 2 fully saturated rings. The zero-order chi connectivity index (χ0) is 22.6. The van der Waals surface area contributed by atoms with E-state index in [0.29, 0.717) is 13.1 Å². The molecule has 1 aliphatic heterocycles. The molecule has 1 aliphatic carbocycles. The van der Waals surface area contributed by atoms with Gasteiger partial charge < -0.3 is 21.7 Å². The van der Waals surface area contributed by atoms with Crippen molar-refractivity contribution in [1.29, 1.82) is 5.41 Å². The zero-order valence-corrected chi connectivity index (χ0v) is 18.0. The number of nitrogens with one attached hydrogen (secondary N) is 3. The molecule has 12 heteroatoms. The third-order valence-electron chi connectivity index (χ3n) is 5.65. The molecule has 170 valence electrons. The number of sulfonamides is 1. The second kappa shape index (κ2) is 9.60. The summed E-state index contributed by atoms with van der Waals surface area (Å²) in [6.07, 6.45) is 5.97. The van der Waals surface area contributed by atoms with Crippen LogP contribution in [0, 0.1) is 17.2 Å². The highest BCUT2D eigenvalue weighted by Crippen LogP contribution is 2.27. The van der Waals surface area contributed by atoms with E-state index in [1.54, 1.807) is 4.90 Å². The predicted molar refractivity (Wildman–Crippen MR) is 113 cm³/mol. The van der Waals surface area contributed by atoms with E-state index in [1.165, 1.54) is 24.5 Å². The molecule has 3 atom stereocenters. The van der Waals surface area contributed by atoms with Gasteiger partial charge in [0, 0.05) is 31.5 Å². The Bertz CT molecular complexity index is 920. The van der Waals surface area contributed by atoms with E-state index in [4.69, 9.17) is 16.9 Å². The molecule has 0 aromatic carbocycles. The first-order chi connectivity index (χ1) is 14.7. The highest BCUT2D eigenvalue weighted by molar-refractivity contribution is 7.89. The standard InChI is InChI=1S/C19H29N7O4S/c20-17(27)15(9-12-3-2-8-26(11-12)19(21)22)16(18(28)24-13-5-6-13)25-31(29,30)14-4-1-7-23-10-14/h1,4,7,10,12-13,15-16,25H,2-3,5-6,8-9,11H2,(H2,20,27)(H3,21,22)(H,24,28). The van der Waals surface area contributed by atoms with Gasteiger partial charge in [-0.15, -0.1) is 0 Å². The number of carbonyl (C=O) groups excluding carboxylic acids is 2. The van der Waals surface area contributed by atoms with Crippen molar-refractivity contribution in [3.63, 3.8) is 0 Å². The monoisotopic (exact) mass is 451 g/mol. The maximum atomic E-state index is 12.9. The Hall–Kier alpha value is -2.73. The number of carbonyl (C=O) groups is 2. The number of nitrogens with two attached hydrogens (primary N) is 2. The van der Waals surface area contributed by atoms with Crippen molar-refractivity contribution < 1.29 is 18.0 Å². The molecular formula is C19H29N7O4S. The van der Waals surface area contributed by atoms with Gasteiger partial charge in [-0.1, -0.05) is 0 Å². The van der Waals surface area contributed by atoms with Crippen molar-refractivity contribution in [3.05, 3.63) is 24.5 Å². The van der Waals surface area contributed by atoms with Crippen LogP contribution in [0.1, 0.15) is 32.1 Å². The summed E-state index contributed by atoms with van der Waals surface area (Å²) in [4.78, 5) is 30.7. The number of amides is 2. The Kier molecular flexibility index (Phi) is 7.11. The first kappa shape index (κ1) is 22.9. The molecule has 0 bridgehead atoms. The van der Waals surface area contributed by atoms with Gasteiger partial charge in [-0.05, 0) is 50.2 Å². The lowest BCUT2D eigenvalue weighted by molar-refractivity contribution is -0.131. The fourth-order valence-electron chi connectivity index (χ4n) is 3.83. The topological polar surface area (TPSA) is 184 Å². The minimum absolute atomic E-state index is 0.0192. The van der Waals surface area contributed by atoms with Crippen molar-refractivity contribution in [1.82, 2.24) is 19.9 Å². The van der Waals surface area contributed by atoms with Crippen LogP contribution in [0.2, 0.25) is 0 Å². The number of rotatable bonds is 9. The van der Waals surface area contributed by atoms with Crippen LogP contribution in [0.4, 0.5) is 0 Å². The predicted octanol–water partition coefficient (Wildman–Crippen LogP) is -0.896. The number of hydrogen-bond donors (Lipinski definition) is 5. The van der Waals surface area contributed by atoms with Gasteiger partial charge >= 0.3 is 0 Å². The van der Waals surface area contributed by atoms with Gasteiger partial charge in [0.2, 0.25) is 21.8 Å². The van der Waals surface area contributed by atoms with Gasteiger partial charge in [0.05, 0.1) is 5.92 Å². The van der Waals surface area contributed by atoms with Crippen molar-refractivity contribution in [2.75, 3.05) is 13.1 Å². The Balaban J connectivity index is 1.83. The van der Waals surface area contributed by atoms with Crippen molar-refractivity contribution in [3.8, 4) is 0 Å². The van der Waals surface area contributed by atoms with E-state index >= 15 is 0 Å². The van der Waals surface area contributed by atoms with Crippen molar-refractivity contribution in [2.24, 2.45) is 23.3 Å². The molecule has 1 saturated heterocycles. The average molecular weight is 452 g/mol. The van der Waals surface area contributed by atoms with Crippen molar-refractivity contribution in [2.45, 2.75) is 49.1 Å². The second-order valence-electron chi connectivity index (χ2n) is 8.15. The quantitative estimate of drug-likeness (QED) is 0.238. The van der Waals surface area contributed by atoms with E-state index < -0.39 is 33.8 Å². The lowest BCUT2D eigenvalue weighted by Gasteiger charge is -2.35. The summed E-state index contributed by atoms with van der Waals surface area (Å²) in [7, 11) is -4.11. The molecule has 1 aromatic rings. The Morgan fingerprint density at radius 3 is 2.61 bits per heavy atom. The molecule has 11 nitrogen and oxygen atoms in total. The highest BCUT2D eigenvalue weighted by atomic mass is 32.2. The molecule has 7 N–H and O–H groups in total. The number of primary amides is 1. The van der Waals surface area contributed by atoms with Crippen LogP contribution in [0.25, 0.3) is 0 Å². The SMILES string of the molecule is N=C(N)N1CCCC(CC(C(N)=O)C(NS(=O)(=O)c2cccnc2)C(=O)NC2CC2)C1. The van der Waals surface area contributed by atoms with Crippen LogP contribution in [-0.2, 0) is 19.6 Å². The molecular weight excluding hydrogens is 422 g/mol. The minimum Gasteiger partial charge on any atom is -0.370 e. The molecule has 2 amide bonds. The van der Waals surface area contributed by atoms with Gasteiger partial charge in [-0.3, -0.25) is 20.0 Å². The zero-order valence-electron chi connectivity index (χ0n) is 17.2. The summed E-state index contributed by atoms with van der Waals surface area (Å²) in [5.74, 6) is -2.50. The van der Waals surface area contributed by atoms with Gasteiger partial charge in [-0.2, -0.15) is 4.72 Å². The lowest BCUT2D eigenvalue weighted by Crippen LogP contribution is -2.55. The fourth-order valence-corrected chi connectivity index (χ4v) is 5.03. The number of aromatic nitrogens is 1. The van der Waals surface area contributed by atoms with E-state index in [1.807, 2.05) is 0 Å². The Labute approximate surface area is 181 Å². The first-order valence-electron chi connectivity index (χ1n) is 10.3. The highest BCUT2D eigenvalue weighted by Gasteiger charge is 2.40. The van der Waals surface area contributed by atoms with Crippen LogP contribution >= 0.6 is 0 Å². The molecule has 2 heterocycles. The molecule has 0 spiro atoms. The molecule has 31 heavy (non-hydrogen) atoms. The maximum absolute atomic E-state index is 12.9. The molecule has 3 rings (SSSR count). The summed E-state index contributed by atoms with van der Waals surface area (Å²) in [6.45, 7) is 1.09. The number of pyridine rings is 1. The maximum Gasteiger partial charge on any atom is 0.242 e. The van der Waals surface area contributed by atoms with Gasteiger partial charge in [0.15, 0.2) is 5.96 Å². The molecule has 1 aromatic heterocycles.